The Morgan fingerprint density at radius 2 is 0.737 bits per heavy atom. The number of hydrogen-bond donors (Lipinski definition) is 0. The number of furan rings is 2. The Hall–Kier alpha value is -10.4. The molecule has 0 aliphatic heterocycles. The number of benzene rings is 10. The minimum Gasteiger partial charge on any atom is -0.454 e. The van der Waals surface area contributed by atoms with Crippen molar-refractivity contribution < 1.29 is 8.83 Å². The number of aromatic nitrogens is 6. The summed E-state index contributed by atoms with van der Waals surface area (Å²) in [6.45, 7) is 0. The third kappa shape index (κ3) is 6.44. The maximum atomic E-state index is 6.91. The third-order valence-corrected chi connectivity index (χ3v) is 15.0. The predicted octanol–water partition coefficient (Wildman–Crippen LogP) is 17.6. The lowest BCUT2D eigenvalue weighted by atomic mass is 9.98. The van der Waals surface area contributed by atoms with Crippen LogP contribution < -0.4 is 0 Å². The van der Waals surface area contributed by atoms with Crippen molar-refractivity contribution in [1.29, 1.82) is 0 Å². The van der Waals surface area contributed by atoms with Gasteiger partial charge in [-0.1, -0.05) is 152 Å². The molecule has 8 nitrogen and oxygen atoms in total. The van der Waals surface area contributed by atoms with Gasteiger partial charge in [-0.2, -0.15) is 0 Å². The molecule has 0 N–H and O–H groups in total. The van der Waals surface area contributed by atoms with E-state index in [2.05, 4.69) is 185 Å². The molecule has 8 heteroatoms. The summed E-state index contributed by atoms with van der Waals surface area (Å²) in [5.41, 5.74) is 15.8. The maximum absolute atomic E-state index is 6.91. The molecule has 0 amide bonds. The SMILES string of the molecule is c1ccc(-c2nc(-c3ccccc3)nc(-c3cc(-c4ccc5oc6c(ccc7c8ccccc8n(-c8ccccc8)c76)c5c4)cnc3-c3ccc4oc5c(ccc6c7ccccc7n(-c7ccccc7)c65)c4c3)n2)cc1. The zero-order valence-electron chi connectivity index (χ0n) is 40.6. The van der Waals surface area contributed by atoms with Crippen molar-refractivity contribution in [3.05, 3.63) is 243 Å². The van der Waals surface area contributed by atoms with E-state index >= 15 is 0 Å². The molecular weight excluding hydrogens is 933 g/mol. The molecule has 354 valence electrons. The molecule has 0 atom stereocenters. The van der Waals surface area contributed by atoms with E-state index in [1.807, 2.05) is 66.9 Å². The molecule has 0 fully saturated rings. The maximum Gasteiger partial charge on any atom is 0.166 e. The number of hydrogen-bond acceptors (Lipinski definition) is 6. The van der Waals surface area contributed by atoms with E-state index in [-0.39, 0.29) is 0 Å². The van der Waals surface area contributed by atoms with Crippen LogP contribution in [0.4, 0.5) is 0 Å². The van der Waals surface area contributed by atoms with Crippen LogP contribution >= 0.6 is 0 Å². The summed E-state index contributed by atoms with van der Waals surface area (Å²) < 4.78 is 18.4. The molecule has 0 spiro atoms. The molecule has 0 aliphatic carbocycles. The molecule has 10 aromatic carbocycles. The molecule has 0 bridgehead atoms. The van der Waals surface area contributed by atoms with E-state index in [1.54, 1.807) is 0 Å². The second-order valence-corrected chi connectivity index (χ2v) is 19.3. The van der Waals surface area contributed by atoms with Crippen LogP contribution in [-0.4, -0.2) is 29.1 Å². The van der Waals surface area contributed by atoms with Crippen LogP contribution in [0, 0.1) is 0 Å². The normalized spacial score (nSPS) is 11.9. The second-order valence-electron chi connectivity index (χ2n) is 19.3. The minimum atomic E-state index is 0.509. The first kappa shape index (κ1) is 42.1. The van der Waals surface area contributed by atoms with Crippen molar-refractivity contribution in [3.63, 3.8) is 0 Å². The Labute approximate surface area is 434 Å². The summed E-state index contributed by atoms with van der Waals surface area (Å²) in [6.07, 6.45) is 1.96. The summed E-state index contributed by atoms with van der Waals surface area (Å²) in [7, 11) is 0. The van der Waals surface area contributed by atoms with Crippen molar-refractivity contribution in [3.8, 4) is 67.9 Å². The Morgan fingerprint density at radius 1 is 0.303 bits per heavy atom. The van der Waals surface area contributed by atoms with Crippen LogP contribution in [0.1, 0.15) is 0 Å². The minimum absolute atomic E-state index is 0.509. The van der Waals surface area contributed by atoms with Gasteiger partial charge in [0.05, 0.1) is 27.8 Å². The zero-order valence-corrected chi connectivity index (χ0v) is 40.6. The van der Waals surface area contributed by atoms with Gasteiger partial charge in [-0.15, -0.1) is 0 Å². The number of fused-ring (bicyclic) bond motifs is 14. The van der Waals surface area contributed by atoms with Crippen molar-refractivity contribution in [2.45, 2.75) is 0 Å². The van der Waals surface area contributed by atoms with Gasteiger partial charge in [0, 0.05) is 88.5 Å². The number of para-hydroxylation sites is 4. The molecule has 6 aromatic heterocycles. The van der Waals surface area contributed by atoms with Crippen LogP contribution in [0.25, 0.3) is 155 Å². The smallest absolute Gasteiger partial charge is 0.166 e. The van der Waals surface area contributed by atoms with Gasteiger partial charge in [-0.05, 0) is 90.5 Å². The highest BCUT2D eigenvalue weighted by Crippen LogP contribution is 2.45. The Kier molecular flexibility index (Phi) is 9.17. The monoisotopic (exact) mass is 972 g/mol. The van der Waals surface area contributed by atoms with Gasteiger partial charge in [0.25, 0.3) is 0 Å². The van der Waals surface area contributed by atoms with E-state index in [4.69, 9.17) is 28.8 Å². The number of rotatable bonds is 7. The lowest BCUT2D eigenvalue weighted by Gasteiger charge is -2.13. The van der Waals surface area contributed by atoms with Gasteiger partial charge < -0.3 is 18.0 Å². The summed E-state index contributed by atoms with van der Waals surface area (Å²) >= 11 is 0. The van der Waals surface area contributed by atoms with Crippen molar-refractivity contribution in [1.82, 2.24) is 29.1 Å². The first-order valence-electron chi connectivity index (χ1n) is 25.4. The van der Waals surface area contributed by atoms with Crippen molar-refractivity contribution >= 4 is 87.5 Å². The van der Waals surface area contributed by atoms with Crippen molar-refractivity contribution in [2.75, 3.05) is 0 Å². The van der Waals surface area contributed by atoms with Gasteiger partial charge in [0.1, 0.15) is 11.2 Å². The van der Waals surface area contributed by atoms with Gasteiger partial charge in [0.2, 0.25) is 0 Å². The predicted molar refractivity (Wildman–Crippen MR) is 308 cm³/mol. The molecule has 16 rings (SSSR count). The largest absolute Gasteiger partial charge is 0.454 e. The molecule has 0 unspecified atom stereocenters. The Morgan fingerprint density at radius 3 is 1.26 bits per heavy atom. The van der Waals surface area contributed by atoms with Gasteiger partial charge >= 0.3 is 0 Å². The molecule has 76 heavy (non-hydrogen) atoms. The Balaban J connectivity index is 0.912. The molecule has 6 heterocycles. The van der Waals surface area contributed by atoms with Crippen LogP contribution in [0.5, 0.6) is 0 Å². The third-order valence-electron chi connectivity index (χ3n) is 15.0. The van der Waals surface area contributed by atoms with Crippen LogP contribution in [0.15, 0.2) is 252 Å². The zero-order chi connectivity index (χ0) is 49.8. The van der Waals surface area contributed by atoms with Crippen LogP contribution in [0.2, 0.25) is 0 Å². The lowest BCUT2D eigenvalue weighted by Crippen LogP contribution is -2.02. The molecule has 0 radical (unpaired) electrons. The molecular formula is C68H40N6O2. The standard InChI is InChI=1S/C68H40N6O2/c1-5-17-41(18-6-1)66-70-67(42-19-7-2-8-20-42)72-68(71-66)56-39-45(43-29-35-59-54(37-43)52-33-31-50-48-25-13-15-27-57(48)73(62(50)64(52)75-59)46-21-9-3-10-22-46)40-69-61(56)44-30-36-60-55(38-44)53-34-32-51-49-26-14-16-28-58(49)74(63(51)65(53)76-60)47-23-11-4-12-24-47/h1-40H. The highest BCUT2D eigenvalue weighted by Gasteiger charge is 2.24. The summed E-state index contributed by atoms with van der Waals surface area (Å²) in [4.78, 5) is 21.0. The van der Waals surface area contributed by atoms with E-state index < -0.39 is 0 Å². The van der Waals surface area contributed by atoms with E-state index in [0.717, 1.165) is 127 Å². The Bertz CT molecular complexity index is 4920. The lowest BCUT2D eigenvalue weighted by molar-refractivity contribution is 0.671. The van der Waals surface area contributed by atoms with Crippen LogP contribution in [-0.2, 0) is 0 Å². The quantitative estimate of drug-likeness (QED) is 0.158. The fourth-order valence-electron chi connectivity index (χ4n) is 11.5. The van der Waals surface area contributed by atoms with E-state index in [9.17, 15) is 0 Å². The average molecular weight is 973 g/mol. The molecule has 0 aliphatic rings. The fraction of sp³-hybridized carbons (Fsp3) is 0. The van der Waals surface area contributed by atoms with E-state index in [1.165, 1.54) is 10.8 Å². The molecule has 0 saturated heterocycles. The fourth-order valence-corrected chi connectivity index (χ4v) is 11.5. The topological polar surface area (TPSA) is 87.7 Å². The van der Waals surface area contributed by atoms with Crippen LogP contribution in [0.3, 0.4) is 0 Å². The second kappa shape index (κ2) is 16.5. The number of nitrogens with zero attached hydrogens (tertiary/aromatic N) is 6. The van der Waals surface area contributed by atoms with Gasteiger partial charge in [-0.3, -0.25) is 4.98 Å². The van der Waals surface area contributed by atoms with Gasteiger partial charge in [0.15, 0.2) is 28.6 Å². The first-order chi connectivity index (χ1) is 37.7. The molecule has 0 saturated carbocycles. The summed E-state index contributed by atoms with van der Waals surface area (Å²) in [6, 6.07) is 82.1. The summed E-state index contributed by atoms with van der Waals surface area (Å²) in [5, 5.41) is 8.68. The van der Waals surface area contributed by atoms with E-state index in [0.29, 0.717) is 17.5 Å². The van der Waals surface area contributed by atoms with Gasteiger partial charge in [-0.25, -0.2) is 15.0 Å². The molecule has 16 aromatic rings. The first-order valence-corrected chi connectivity index (χ1v) is 25.4. The van der Waals surface area contributed by atoms with Crippen molar-refractivity contribution in [2.24, 2.45) is 0 Å². The summed E-state index contributed by atoms with van der Waals surface area (Å²) in [5.74, 6) is 1.65. The highest BCUT2D eigenvalue weighted by molar-refractivity contribution is 6.23. The highest BCUT2D eigenvalue weighted by atomic mass is 16.3. The number of pyridine rings is 1. The average Bonchev–Trinajstić information content (AvgIpc) is 4.45.